The van der Waals surface area contributed by atoms with Crippen molar-refractivity contribution in [3.63, 3.8) is 0 Å². The lowest BCUT2D eigenvalue weighted by Gasteiger charge is -2.29. The number of benzene rings is 1. The van der Waals surface area contributed by atoms with Crippen LogP contribution in [0.4, 0.5) is 11.5 Å². The summed E-state index contributed by atoms with van der Waals surface area (Å²) in [6.07, 6.45) is 5.04. The molecule has 3 aromatic rings. The Morgan fingerprint density at radius 3 is 2.85 bits per heavy atom. The van der Waals surface area contributed by atoms with E-state index >= 15 is 0 Å². The molecule has 1 amide bonds. The first-order valence-corrected chi connectivity index (χ1v) is 8.75. The molecule has 1 aliphatic rings. The van der Waals surface area contributed by atoms with E-state index in [2.05, 4.69) is 26.6 Å². The van der Waals surface area contributed by atoms with Gasteiger partial charge in [0, 0.05) is 23.3 Å². The zero-order chi connectivity index (χ0) is 19.0. The minimum absolute atomic E-state index is 0.186. The average Bonchev–Trinajstić information content (AvgIpc) is 2.61. The molecule has 1 aromatic carbocycles. The number of nitrogen functional groups attached to an aromatic ring is 1. The van der Waals surface area contributed by atoms with Crippen LogP contribution in [0.5, 0.6) is 0 Å². The van der Waals surface area contributed by atoms with Crippen LogP contribution in [0.15, 0.2) is 36.7 Å². The molecule has 2 unspecified atom stereocenters. The van der Waals surface area contributed by atoms with Gasteiger partial charge in [0.2, 0.25) is 5.91 Å². The van der Waals surface area contributed by atoms with E-state index < -0.39 is 0 Å². The molecule has 7 nitrogen and oxygen atoms in total. The zero-order valence-corrected chi connectivity index (χ0v) is 14.8. The number of amides is 1. The molecule has 1 aliphatic carbocycles. The predicted molar refractivity (Wildman–Crippen MR) is 102 cm³/mol. The number of carbonyl (C=O) groups excluding carboxylic acids is 1. The third-order valence-corrected chi connectivity index (χ3v) is 5.10. The van der Waals surface area contributed by atoms with Crippen LogP contribution in [0.2, 0.25) is 0 Å². The molecule has 2 atom stereocenters. The van der Waals surface area contributed by atoms with Gasteiger partial charge in [0.05, 0.1) is 23.6 Å². The largest absolute Gasteiger partial charge is 0.397 e. The number of pyridine rings is 1. The van der Waals surface area contributed by atoms with Gasteiger partial charge >= 0.3 is 0 Å². The lowest BCUT2D eigenvalue weighted by molar-refractivity contribution is -0.123. The van der Waals surface area contributed by atoms with Crippen molar-refractivity contribution in [3.8, 4) is 17.2 Å². The highest BCUT2D eigenvalue weighted by molar-refractivity contribution is 5.98. The number of aryl methyl sites for hydroxylation is 1. The Hall–Kier alpha value is -3.53. The van der Waals surface area contributed by atoms with E-state index in [1.165, 1.54) is 0 Å². The number of aromatic nitrogens is 3. The van der Waals surface area contributed by atoms with Gasteiger partial charge in [-0.2, -0.15) is 5.26 Å². The number of nitrogens with two attached hydrogens (primary N) is 1. The minimum atomic E-state index is -0.276. The van der Waals surface area contributed by atoms with Gasteiger partial charge in [-0.1, -0.05) is 0 Å². The Morgan fingerprint density at radius 2 is 2.15 bits per heavy atom. The number of hydrogen-bond donors (Lipinski definition) is 2. The van der Waals surface area contributed by atoms with Crippen LogP contribution in [-0.2, 0) is 4.79 Å². The van der Waals surface area contributed by atoms with E-state index in [1.54, 1.807) is 18.5 Å². The van der Waals surface area contributed by atoms with Crippen molar-refractivity contribution >= 4 is 28.3 Å². The summed E-state index contributed by atoms with van der Waals surface area (Å²) >= 11 is 0. The molecule has 0 radical (unpaired) electrons. The first-order chi connectivity index (χ1) is 13.1. The van der Waals surface area contributed by atoms with Crippen LogP contribution in [0.25, 0.3) is 22.0 Å². The fourth-order valence-corrected chi connectivity index (χ4v) is 3.36. The second kappa shape index (κ2) is 6.65. The molecule has 27 heavy (non-hydrogen) atoms. The van der Waals surface area contributed by atoms with Crippen molar-refractivity contribution in [2.45, 2.75) is 19.8 Å². The summed E-state index contributed by atoms with van der Waals surface area (Å²) in [5.74, 6) is -0.319. The van der Waals surface area contributed by atoms with E-state index in [4.69, 9.17) is 11.0 Å². The maximum Gasteiger partial charge on any atom is 0.230 e. The third kappa shape index (κ3) is 3.06. The Bertz CT molecular complexity index is 1090. The zero-order valence-electron chi connectivity index (χ0n) is 14.8. The lowest BCUT2D eigenvalue weighted by Crippen LogP contribution is -2.36. The van der Waals surface area contributed by atoms with Crippen molar-refractivity contribution in [1.82, 2.24) is 15.2 Å². The second-order valence-electron chi connectivity index (χ2n) is 6.83. The van der Waals surface area contributed by atoms with E-state index in [9.17, 15) is 4.79 Å². The first kappa shape index (κ1) is 16.9. The van der Waals surface area contributed by atoms with Crippen molar-refractivity contribution in [2.75, 3.05) is 11.1 Å². The molecular weight excluding hydrogens is 340 g/mol. The molecule has 1 fully saturated rings. The summed E-state index contributed by atoms with van der Waals surface area (Å²) in [5.41, 5.74) is 10.3. The standard InChI is InChI=1S/C20H18N6O/c1-11-4-5-23-10-16(11)13-6-14-8-18(25-26-19(14)17(22)7-13)24-20(27)15-3-2-12(15)9-21/h4-8,10,12,15H,2-3,22H2,1H3,(H,24,25,27). The first-order valence-electron chi connectivity index (χ1n) is 8.75. The Morgan fingerprint density at radius 1 is 1.30 bits per heavy atom. The normalized spacial score (nSPS) is 18.5. The Labute approximate surface area is 156 Å². The number of nitriles is 1. The number of rotatable bonds is 3. The summed E-state index contributed by atoms with van der Waals surface area (Å²) in [6, 6.07) is 9.68. The Kier molecular flexibility index (Phi) is 4.16. The predicted octanol–water partition coefficient (Wildman–Crippen LogP) is 3.07. The van der Waals surface area contributed by atoms with Crippen LogP contribution in [0, 0.1) is 30.1 Å². The molecule has 0 aliphatic heterocycles. The quantitative estimate of drug-likeness (QED) is 0.695. The number of carbonyl (C=O) groups is 1. The number of fused-ring (bicyclic) bond motifs is 1. The van der Waals surface area contributed by atoms with E-state index in [1.807, 2.05) is 25.1 Å². The monoisotopic (exact) mass is 358 g/mol. The molecule has 1 saturated carbocycles. The molecule has 2 aromatic heterocycles. The molecule has 4 rings (SSSR count). The Balaban J connectivity index is 1.68. The highest BCUT2D eigenvalue weighted by atomic mass is 16.2. The summed E-state index contributed by atoms with van der Waals surface area (Å²) < 4.78 is 0. The maximum absolute atomic E-state index is 12.3. The molecule has 0 saturated heterocycles. The minimum Gasteiger partial charge on any atom is -0.397 e. The van der Waals surface area contributed by atoms with Gasteiger partial charge in [-0.15, -0.1) is 10.2 Å². The van der Waals surface area contributed by atoms with E-state index in [0.717, 1.165) is 34.9 Å². The second-order valence-corrected chi connectivity index (χ2v) is 6.83. The van der Waals surface area contributed by atoms with Crippen LogP contribution in [-0.4, -0.2) is 21.1 Å². The number of anilines is 2. The van der Waals surface area contributed by atoms with Gasteiger partial charge in [0.1, 0.15) is 5.52 Å². The highest BCUT2D eigenvalue weighted by Gasteiger charge is 2.36. The molecule has 0 spiro atoms. The van der Waals surface area contributed by atoms with Crippen molar-refractivity contribution in [3.05, 3.63) is 42.2 Å². The van der Waals surface area contributed by atoms with Crippen LogP contribution in [0.1, 0.15) is 18.4 Å². The van der Waals surface area contributed by atoms with Gasteiger partial charge in [0.25, 0.3) is 0 Å². The van der Waals surface area contributed by atoms with Gasteiger partial charge in [-0.05, 0) is 55.2 Å². The van der Waals surface area contributed by atoms with Crippen LogP contribution in [0.3, 0.4) is 0 Å². The number of hydrogen-bond acceptors (Lipinski definition) is 6. The molecule has 3 N–H and O–H groups in total. The van der Waals surface area contributed by atoms with Gasteiger partial charge < -0.3 is 11.1 Å². The molecule has 7 heteroatoms. The van der Waals surface area contributed by atoms with E-state index in [-0.39, 0.29) is 17.7 Å². The summed E-state index contributed by atoms with van der Waals surface area (Å²) in [4.78, 5) is 16.5. The van der Waals surface area contributed by atoms with E-state index in [0.29, 0.717) is 17.0 Å². The van der Waals surface area contributed by atoms with Crippen LogP contribution < -0.4 is 11.1 Å². The molecule has 0 bridgehead atoms. The smallest absolute Gasteiger partial charge is 0.230 e. The lowest BCUT2D eigenvalue weighted by atomic mass is 9.74. The summed E-state index contributed by atoms with van der Waals surface area (Å²) in [7, 11) is 0. The summed E-state index contributed by atoms with van der Waals surface area (Å²) in [5, 5.41) is 20.8. The van der Waals surface area contributed by atoms with Gasteiger partial charge in [-0.25, -0.2) is 0 Å². The average molecular weight is 358 g/mol. The number of nitrogens with zero attached hydrogens (tertiary/aromatic N) is 4. The maximum atomic E-state index is 12.3. The van der Waals surface area contributed by atoms with Crippen LogP contribution >= 0.6 is 0 Å². The third-order valence-electron chi connectivity index (χ3n) is 5.10. The fraction of sp³-hybridized carbons (Fsp3) is 0.250. The molecule has 2 heterocycles. The van der Waals surface area contributed by atoms with Gasteiger partial charge in [0.15, 0.2) is 5.82 Å². The SMILES string of the molecule is Cc1ccncc1-c1cc(N)c2nnc(NC(=O)C3CCC3C#N)cc2c1. The summed E-state index contributed by atoms with van der Waals surface area (Å²) in [6.45, 7) is 2.01. The highest BCUT2D eigenvalue weighted by Crippen LogP contribution is 2.35. The van der Waals surface area contributed by atoms with Crippen molar-refractivity contribution in [1.29, 1.82) is 5.26 Å². The van der Waals surface area contributed by atoms with Crippen molar-refractivity contribution in [2.24, 2.45) is 11.8 Å². The van der Waals surface area contributed by atoms with Crippen molar-refractivity contribution < 1.29 is 4.79 Å². The van der Waals surface area contributed by atoms with Gasteiger partial charge in [-0.3, -0.25) is 9.78 Å². The fourth-order valence-electron chi connectivity index (χ4n) is 3.36. The number of nitrogens with one attached hydrogen (secondary N) is 1. The topological polar surface area (TPSA) is 118 Å². The molecular formula is C20H18N6O. The molecule has 134 valence electrons.